The molecule has 0 saturated heterocycles. The molecule has 0 bridgehead atoms. The van der Waals surface area contributed by atoms with Gasteiger partial charge in [-0.15, -0.1) is 0 Å². The van der Waals surface area contributed by atoms with Crippen molar-refractivity contribution in [2.75, 3.05) is 6.61 Å². The minimum Gasteiger partial charge on any atom is -0.488 e. The molecule has 0 fully saturated rings. The lowest BCUT2D eigenvalue weighted by Gasteiger charge is -2.21. The molecule has 0 amide bonds. The van der Waals surface area contributed by atoms with Crippen molar-refractivity contribution in [1.29, 1.82) is 0 Å². The molecule has 18 heavy (non-hydrogen) atoms. The third-order valence-electron chi connectivity index (χ3n) is 2.22. The lowest BCUT2D eigenvalue weighted by Crippen LogP contribution is -2.35. The molecule has 0 aliphatic rings. The summed E-state index contributed by atoms with van der Waals surface area (Å²) in [5.41, 5.74) is 1.05. The number of halogens is 2. The molecule has 1 aromatic rings. The van der Waals surface area contributed by atoms with Crippen molar-refractivity contribution >= 4 is 23.2 Å². The van der Waals surface area contributed by atoms with Crippen molar-refractivity contribution in [3.63, 3.8) is 0 Å². The van der Waals surface area contributed by atoms with Crippen LogP contribution < -0.4 is 10.1 Å². The summed E-state index contributed by atoms with van der Waals surface area (Å²) >= 11 is 11.7. The van der Waals surface area contributed by atoms with Crippen LogP contribution in [-0.2, 0) is 6.54 Å². The first-order valence-corrected chi connectivity index (χ1v) is 6.53. The zero-order valence-electron chi connectivity index (χ0n) is 11.0. The van der Waals surface area contributed by atoms with E-state index in [2.05, 4.69) is 32.7 Å². The molecule has 4 heteroatoms. The maximum atomic E-state index is 6.00. The van der Waals surface area contributed by atoms with Gasteiger partial charge in [-0.05, 0) is 39.0 Å². The van der Waals surface area contributed by atoms with Crippen LogP contribution in [0.5, 0.6) is 5.75 Å². The highest BCUT2D eigenvalue weighted by Crippen LogP contribution is 2.24. The lowest BCUT2D eigenvalue weighted by atomic mass is 10.1. The van der Waals surface area contributed by atoms with E-state index in [4.69, 9.17) is 27.9 Å². The molecule has 1 aromatic carbocycles. The fourth-order valence-corrected chi connectivity index (χ4v) is 1.59. The van der Waals surface area contributed by atoms with Crippen LogP contribution in [0.25, 0.3) is 0 Å². The maximum Gasteiger partial charge on any atom is 0.124 e. The predicted molar refractivity (Wildman–Crippen MR) is 78.5 cm³/mol. The first kappa shape index (κ1) is 15.4. The van der Waals surface area contributed by atoms with Gasteiger partial charge in [-0.1, -0.05) is 29.8 Å². The van der Waals surface area contributed by atoms with E-state index in [9.17, 15) is 0 Å². The SMILES string of the molecule is C=C(Cl)COc1ccc(Cl)cc1CNC(C)(C)C. The molecule has 0 aliphatic carbocycles. The second kappa shape index (κ2) is 6.46. The predicted octanol–water partition coefficient (Wildman–Crippen LogP) is 4.36. The van der Waals surface area contributed by atoms with E-state index < -0.39 is 0 Å². The second-order valence-corrected chi connectivity index (χ2v) is 6.13. The highest BCUT2D eigenvalue weighted by atomic mass is 35.5. The van der Waals surface area contributed by atoms with Gasteiger partial charge in [0.25, 0.3) is 0 Å². The second-order valence-electron chi connectivity index (χ2n) is 5.16. The van der Waals surface area contributed by atoms with E-state index in [-0.39, 0.29) is 5.54 Å². The van der Waals surface area contributed by atoms with Crippen LogP contribution in [0.15, 0.2) is 29.8 Å². The van der Waals surface area contributed by atoms with Crippen LogP contribution in [-0.4, -0.2) is 12.1 Å². The summed E-state index contributed by atoms with van der Waals surface area (Å²) in [6, 6.07) is 5.54. The average molecular weight is 288 g/mol. The van der Waals surface area contributed by atoms with Gasteiger partial charge >= 0.3 is 0 Å². The van der Waals surface area contributed by atoms with E-state index in [1.165, 1.54) is 0 Å². The van der Waals surface area contributed by atoms with Crippen molar-refractivity contribution in [2.24, 2.45) is 0 Å². The number of hydrogen-bond donors (Lipinski definition) is 1. The molecule has 0 aliphatic heterocycles. The summed E-state index contributed by atoms with van der Waals surface area (Å²) in [6.07, 6.45) is 0. The van der Waals surface area contributed by atoms with E-state index in [1.54, 1.807) is 6.07 Å². The molecule has 1 N–H and O–H groups in total. The van der Waals surface area contributed by atoms with Crippen molar-refractivity contribution in [1.82, 2.24) is 5.32 Å². The zero-order chi connectivity index (χ0) is 13.8. The maximum absolute atomic E-state index is 6.00. The Morgan fingerprint density at radius 1 is 1.39 bits per heavy atom. The van der Waals surface area contributed by atoms with Crippen LogP contribution in [0, 0.1) is 0 Å². The quantitative estimate of drug-likeness (QED) is 0.869. The topological polar surface area (TPSA) is 21.3 Å². The van der Waals surface area contributed by atoms with Crippen LogP contribution in [0.3, 0.4) is 0 Å². The van der Waals surface area contributed by atoms with Gasteiger partial charge in [0.15, 0.2) is 0 Å². The normalized spacial score (nSPS) is 11.4. The van der Waals surface area contributed by atoms with Crippen molar-refractivity contribution < 1.29 is 4.74 Å². The Morgan fingerprint density at radius 2 is 2.06 bits per heavy atom. The molecule has 2 nitrogen and oxygen atoms in total. The summed E-state index contributed by atoms with van der Waals surface area (Å²) in [7, 11) is 0. The molecule has 0 unspecified atom stereocenters. The minimum atomic E-state index is 0.0374. The molecular weight excluding hydrogens is 269 g/mol. The summed E-state index contributed by atoms with van der Waals surface area (Å²) in [5.74, 6) is 0.776. The van der Waals surface area contributed by atoms with Gasteiger partial charge in [-0.2, -0.15) is 0 Å². The number of benzene rings is 1. The van der Waals surface area contributed by atoms with Gasteiger partial charge in [-0.25, -0.2) is 0 Å². The zero-order valence-corrected chi connectivity index (χ0v) is 12.5. The largest absolute Gasteiger partial charge is 0.488 e. The number of nitrogens with one attached hydrogen (secondary N) is 1. The van der Waals surface area contributed by atoms with Crippen LogP contribution in [0.2, 0.25) is 5.02 Å². The van der Waals surface area contributed by atoms with Crippen molar-refractivity contribution in [2.45, 2.75) is 32.9 Å². The Morgan fingerprint density at radius 3 is 2.61 bits per heavy atom. The Hall–Kier alpha value is -0.700. The minimum absolute atomic E-state index is 0.0374. The van der Waals surface area contributed by atoms with Crippen LogP contribution >= 0.6 is 23.2 Å². The van der Waals surface area contributed by atoms with Gasteiger partial charge in [0, 0.05) is 27.7 Å². The Balaban J connectivity index is 2.79. The number of hydrogen-bond acceptors (Lipinski definition) is 2. The van der Waals surface area contributed by atoms with Crippen molar-refractivity contribution in [3.8, 4) is 5.75 Å². The molecule has 0 spiro atoms. The fraction of sp³-hybridized carbons (Fsp3) is 0.429. The standard InChI is InChI=1S/C14H19Cl2NO/c1-10(15)9-18-13-6-5-12(16)7-11(13)8-17-14(2,3)4/h5-7,17H,1,8-9H2,2-4H3. The highest BCUT2D eigenvalue weighted by molar-refractivity contribution is 6.30. The number of rotatable bonds is 5. The third-order valence-corrected chi connectivity index (χ3v) is 2.56. The Bertz CT molecular complexity index is 424. The smallest absolute Gasteiger partial charge is 0.124 e. The van der Waals surface area contributed by atoms with E-state index >= 15 is 0 Å². The van der Waals surface area contributed by atoms with Gasteiger partial charge in [-0.3, -0.25) is 0 Å². The Kier molecular flexibility index (Phi) is 5.51. The van der Waals surface area contributed by atoms with Gasteiger partial charge in [0.05, 0.1) is 0 Å². The molecule has 0 atom stereocenters. The first-order chi connectivity index (χ1) is 8.28. The lowest BCUT2D eigenvalue weighted by molar-refractivity contribution is 0.349. The summed E-state index contributed by atoms with van der Waals surface area (Å²) in [5, 5.41) is 4.56. The van der Waals surface area contributed by atoms with Crippen LogP contribution in [0.1, 0.15) is 26.3 Å². The summed E-state index contributed by atoms with van der Waals surface area (Å²) in [4.78, 5) is 0. The average Bonchev–Trinajstić information content (AvgIpc) is 2.23. The highest BCUT2D eigenvalue weighted by Gasteiger charge is 2.11. The molecule has 0 aromatic heterocycles. The van der Waals surface area contributed by atoms with Gasteiger partial charge in [0.1, 0.15) is 12.4 Å². The molecule has 0 saturated carbocycles. The molecule has 1 rings (SSSR count). The molecule has 0 radical (unpaired) electrons. The van der Waals surface area contributed by atoms with E-state index in [0.29, 0.717) is 23.2 Å². The fourth-order valence-electron chi connectivity index (χ4n) is 1.34. The van der Waals surface area contributed by atoms with E-state index in [1.807, 2.05) is 12.1 Å². The van der Waals surface area contributed by atoms with Crippen molar-refractivity contribution in [3.05, 3.63) is 40.4 Å². The van der Waals surface area contributed by atoms with E-state index in [0.717, 1.165) is 11.3 Å². The van der Waals surface area contributed by atoms with Gasteiger partial charge in [0.2, 0.25) is 0 Å². The van der Waals surface area contributed by atoms with Gasteiger partial charge < -0.3 is 10.1 Å². The third kappa shape index (κ3) is 5.76. The molecule has 100 valence electrons. The summed E-state index contributed by atoms with van der Waals surface area (Å²) in [6.45, 7) is 10.9. The monoisotopic (exact) mass is 287 g/mol. The van der Waals surface area contributed by atoms with Crippen LogP contribution in [0.4, 0.5) is 0 Å². The Labute approximate surface area is 119 Å². The first-order valence-electron chi connectivity index (χ1n) is 5.77. The molecule has 0 heterocycles. The summed E-state index contributed by atoms with van der Waals surface area (Å²) < 4.78 is 5.59. The number of ether oxygens (including phenoxy) is 1. The molecular formula is C14H19Cl2NO.